The quantitative estimate of drug-likeness (QED) is 0.779. The first-order valence-electron chi connectivity index (χ1n) is 6.94. The van der Waals surface area contributed by atoms with E-state index in [1.807, 2.05) is 41.7 Å². The van der Waals surface area contributed by atoms with Gasteiger partial charge < -0.3 is 19.7 Å². The Morgan fingerprint density at radius 2 is 2.00 bits per heavy atom. The monoisotopic (exact) mass is 301 g/mol. The van der Waals surface area contributed by atoms with Crippen molar-refractivity contribution in [2.24, 2.45) is 0 Å². The van der Waals surface area contributed by atoms with Crippen LogP contribution in [-0.2, 0) is 0 Å². The van der Waals surface area contributed by atoms with Gasteiger partial charge in [-0.3, -0.25) is 4.79 Å². The second-order valence-corrected chi connectivity index (χ2v) is 5.14. The highest BCUT2D eigenvalue weighted by atomic mass is 16.6. The van der Waals surface area contributed by atoms with E-state index < -0.39 is 6.16 Å². The minimum Gasteiger partial charge on any atom is -0.450 e. The summed E-state index contributed by atoms with van der Waals surface area (Å²) in [5.74, 6) is 0.150. The molecule has 1 atom stereocenters. The molecule has 1 aromatic carbocycles. The molecular formula is C15H15N3O4. The second-order valence-electron chi connectivity index (χ2n) is 5.14. The third kappa shape index (κ3) is 2.30. The van der Waals surface area contributed by atoms with Crippen molar-refractivity contribution in [1.82, 2.24) is 14.5 Å². The minimum atomic E-state index is -1.83. The summed E-state index contributed by atoms with van der Waals surface area (Å²) in [7, 11) is 0. The Morgan fingerprint density at radius 3 is 2.77 bits per heavy atom. The Labute approximate surface area is 126 Å². The number of carbonyl (C=O) groups is 2. The third-order valence-corrected chi connectivity index (χ3v) is 3.92. The van der Waals surface area contributed by atoms with Crippen molar-refractivity contribution in [2.45, 2.75) is 18.9 Å². The Balaban J connectivity index is 0.000000325. The van der Waals surface area contributed by atoms with Crippen LogP contribution in [0.2, 0.25) is 0 Å². The fraction of sp³-hybridized carbons (Fsp3) is 0.267. The molecule has 1 amide bonds. The van der Waals surface area contributed by atoms with Gasteiger partial charge in [0.2, 0.25) is 0 Å². The Bertz CT molecular complexity index is 721. The van der Waals surface area contributed by atoms with E-state index >= 15 is 0 Å². The van der Waals surface area contributed by atoms with Crippen LogP contribution >= 0.6 is 0 Å². The maximum absolute atomic E-state index is 12.6. The molecule has 1 saturated heterocycles. The summed E-state index contributed by atoms with van der Waals surface area (Å²) in [6.45, 7) is 0.850. The highest BCUT2D eigenvalue weighted by molar-refractivity contribution is 5.98. The molecule has 1 aromatic heterocycles. The van der Waals surface area contributed by atoms with Crippen LogP contribution in [0.5, 0.6) is 0 Å². The summed E-state index contributed by atoms with van der Waals surface area (Å²) in [5, 5.41) is 13.9. The zero-order chi connectivity index (χ0) is 15.7. The first kappa shape index (κ1) is 14.1. The number of nitrogens with zero attached hydrogens (tertiary/aromatic N) is 3. The first-order valence-corrected chi connectivity index (χ1v) is 6.94. The zero-order valence-corrected chi connectivity index (χ0v) is 11.7. The SMILES string of the molecule is O=C(O)O.O=C1c2ccccc2-n2cncc2[C@@H]2CCCN12. The van der Waals surface area contributed by atoms with Crippen LogP contribution < -0.4 is 0 Å². The van der Waals surface area contributed by atoms with E-state index in [0.717, 1.165) is 36.3 Å². The summed E-state index contributed by atoms with van der Waals surface area (Å²) in [4.78, 5) is 27.4. The number of hydrogen-bond donors (Lipinski definition) is 2. The number of hydrogen-bond acceptors (Lipinski definition) is 3. The van der Waals surface area contributed by atoms with E-state index in [9.17, 15) is 4.79 Å². The van der Waals surface area contributed by atoms with Crippen LogP contribution in [-0.4, -0.2) is 43.3 Å². The standard InChI is InChI=1S/C14H13N3O.CH2O3/c18-14-10-4-1-2-5-11(10)17-9-15-8-13(17)12-6-3-7-16(12)14;2-1(3)4/h1-2,4-5,8-9,12H,3,6-7H2;(H2,2,3,4)/t12-;/m0./s1. The number of carbonyl (C=O) groups excluding carboxylic acids is 1. The lowest BCUT2D eigenvalue weighted by Gasteiger charge is -2.21. The Kier molecular flexibility index (Phi) is 3.54. The first-order chi connectivity index (χ1) is 10.6. The average molecular weight is 301 g/mol. The number of amides is 1. The van der Waals surface area contributed by atoms with Gasteiger partial charge in [0.15, 0.2) is 0 Å². The maximum atomic E-state index is 12.6. The predicted octanol–water partition coefficient (Wildman–Crippen LogP) is 2.39. The zero-order valence-electron chi connectivity index (χ0n) is 11.7. The van der Waals surface area contributed by atoms with Gasteiger partial charge in [-0.1, -0.05) is 12.1 Å². The molecule has 2 aromatic rings. The second kappa shape index (κ2) is 5.51. The summed E-state index contributed by atoms with van der Waals surface area (Å²) in [6.07, 6.45) is 3.97. The van der Waals surface area contributed by atoms with Crippen LogP contribution in [0.25, 0.3) is 5.69 Å². The van der Waals surface area contributed by atoms with Gasteiger partial charge in [0, 0.05) is 6.54 Å². The molecular weight excluding hydrogens is 286 g/mol. The van der Waals surface area contributed by atoms with Crippen molar-refractivity contribution in [2.75, 3.05) is 6.54 Å². The lowest BCUT2D eigenvalue weighted by molar-refractivity contribution is 0.0738. The Hall–Kier alpha value is -2.83. The largest absolute Gasteiger partial charge is 0.503 e. The number of aromatic nitrogens is 2. The van der Waals surface area contributed by atoms with Gasteiger partial charge in [0.05, 0.1) is 35.5 Å². The van der Waals surface area contributed by atoms with Crippen LogP contribution in [0.1, 0.15) is 34.9 Å². The van der Waals surface area contributed by atoms with Gasteiger partial charge in [-0.15, -0.1) is 0 Å². The lowest BCUT2D eigenvalue weighted by atomic mass is 10.1. The molecule has 0 aliphatic carbocycles. The number of imidazole rings is 1. The normalized spacial score (nSPS) is 18.5. The van der Waals surface area contributed by atoms with Crippen molar-refractivity contribution < 1.29 is 19.8 Å². The van der Waals surface area contributed by atoms with Gasteiger partial charge in [0.1, 0.15) is 0 Å². The molecule has 22 heavy (non-hydrogen) atoms. The molecule has 114 valence electrons. The van der Waals surface area contributed by atoms with Crippen LogP contribution in [0, 0.1) is 0 Å². The van der Waals surface area contributed by atoms with Crippen molar-refractivity contribution >= 4 is 12.1 Å². The van der Waals surface area contributed by atoms with Crippen LogP contribution in [0.15, 0.2) is 36.8 Å². The smallest absolute Gasteiger partial charge is 0.450 e. The number of rotatable bonds is 0. The number of fused-ring (bicyclic) bond motifs is 5. The summed E-state index contributed by atoms with van der Waals surface area (Å²) in [5.41, 5.74) is 2.86. The Morgan fingerprint density at radius 1 is 1.27 bits per heavy atom. The topological polar surface area (TPSA) is 95.7 Å². The van der Waals surface area contributed by atoms with Crippen molar-refractivity contribution in [3.8, 4) is 5.69 Å². The van der Waals surface area contributed by atoms with Crippen molar-refractivity contribution in [1.29, 1.82) is 0 Å². The van der Waals surface area contributed by atoms with E-state index in [2.05, 4.69) is 9.55 Å². The van der Waals surface area contributed by atoms with E-state index in [-0.39, 0.29) is 11.9 Å². The fourth-order valence-corrected chi connectivity index (χ4v) is 3.09. The van der Waals surface area contributed by atoms with Crippen molar-refractivity contribution in [3.05, 3.63) is 48.0 Å². The van der Waals surface area contributed by atoms with Gasteiger partial charge >= 0.3 is 6.16 Å². The molecule has 1 fully saturated rings. The van der Waals surface area contributed by atoms with Crippen LogP contribution in [0.4, 0.5) is 4.79 Å². The average Bonchev–Trinajstić information content (AvgIpc) is 3.12. The lowest BCUT2D eigenvalue weighted by Crippen LogP contribution is -2.29. The maximum Gasteiger partial charge on any atom is 0.503 e. The third-order valence-electron chi connectivity index (χ3n) is 3.92. The number of para-hydroxylation sites is 1. The number of carboxylic acid groups (broad SMARTS) is 2. The molecule has 4 rings (SSSR count). The van der Waals surface area contributed by atoms with E-state index in [0.29, 0.717) is 0 Å². The summed E-state index contributed by atoms with van der Waals surface area (Å²) in [6, 6.07) is 7.96. The van der Waals surface area contributed by atoms with Crippen molar-refractivity contribution in [3.63, 3.8) is 0 Å². The summed E-state index contributed by atoms with van der Waals surface area (Å²) >= 11 is 0. The van der Waals surface area contributed by atoms with Crippen LogP contribution in [0.3, 0.4) is 0 Å². The molecule has 7 nitrogen and oxygen atoms in total. The van der Waals surface area contributed by atoms with Gasteiger partial charge in [-0.25, -0.2) is 9.78 Å². The molecule has 2 aliphatic rings. The van der Waals surface area contributed by atoms with Gasteiger partial charge in [-0.2, -0.15) is 0 Å². The van der Waals surface area contributed by atoms with E-state index in [4.69, 9.17) is 15.0 Å². The predicted molar refractivity (Wildman–Crippen MR) is 77.2 cm³/mol. The highest BCUT2D eigenvalue weighted by Crippen LogP contribution is 2.37. The minimum absolute atomic E-state index is 0.150. The molecule has 7 heteroatoms. The van der Waals surface area contributed by atoms with E-state index in [1.165, 1.54) is 0 Å². The highest BCUT2D eigenvalue weighted by Gasteiger charge is 2.36. The molecule has 0 bridgehead atoms. The molecule has 0 unspecified atom stereocenters. The fourth-order valence-electron chi connectivity index (χ4n) is 3.09. The van der Waals surface area contributed by atoms with Gasteiger partial charge in [-0.05, 0) is 25.0 Å². The molecule has 3 heterocycles. The molecule has 2 aliphatic heterocycles. The molecule has 0 spiro atoms. The molecule has 2 N–H and O–H groups in total. The van der Waals surface area contributed by atoms with E-state index in [1.54, 1.807) is 0 Å². The molecule has 0 radical (unpaired) electrons. The van der Waals surface area contributed by atoms with Gasteiger partial charge in [0.25, 0.3) is 5.91 Å². The number of benzene rings is 1. The summed E-state index contributed by atoms with van der Waals surface area (Å²) < 4.78 is 2.06. The molecule has 0 saturated carbocycles.